The van der Waals surface area contributed by atoms with Crippen molar-refractivity contribution in [2.24, 2.45) is 15.8 Å². The summed E-state index contributed by atoms with van der Waals surface area (Å²) in [5, 5.41) is 12.7. The van der Waals surface area contributed by atoms with Crippen LogP contribution in [0.3, 0.4) is 0 Å². The summed E-state index contributed by atoms with van der Waals surface area (Å²) in [5.74, 6) is 1.10. The first-order chi connectivity index (χ1) is 19.0. The Hall–Kier alpha value is -2.25. The third-order valence-electron chi connectivity index (χ3n) is 9.29. The topological polar surface area (TPSA) is 42.3 Å². The van der Waals surface area contributed by atoms with Crippen molar-refractivity contribution in [3.63, 3.8) is 0 Å². The van der Waals surface area contributed by atoms with Gasteiger partial charge in [0, 0.05) is 54.5 Å². The van der Waals surface area contributed by atoms with E-state index in [2.05, 4.69) is 132 Å². The third kappa shape index (κ3) is 5.74. The van der Waals surface area contributed by atoms with Crippen LogP contribution in [0, 0.1) is 10.8 Å². The highest BCUT2D eigenvalue weighted by atomic mass is 79.9. The van der Waals surface area contributed by atoms with Gasteiger partial charge in [0.1, 0.15) is 11.4 Å². The summed E-state index contributed by atoms with van der Waals surface area (Å²) in [6.45, 7) is 9.31. The SMILES string of the molecule is CN(C)CCC(O)(C1=C(Br)CC2(C)C=C(Cc3ccccc3)C(N3CCN(C)CC3)=NC2=C1)C1(C)C=CC=CC1. The van der Waals surface area contributed by atoms with Crippen LogP contribution in [-0.4, -0.2) is 85.1 Å². The molecule has 1 fully saturated rings. The van der Waals surface area contributed by atoms with Crippen molar-refractivity contribution in [3.8, 4) is 0 Å². The highest BCUT2D eigenvalue weighted by Crippen LogP contribution is 2.54. The molecule has 4 aliphatic rings. The van der Waals surface area contributed by atoms with Gasteiger partial charge in [-0.15, -0.1) is 0 Å². The number of aliphatic hydroxyl groups is 1. The van der Waals surface area contributed by atoms with E-state index in [1.54, 1.807) is 0 Å². The Morgan fingerprint density at radius 3 is 2.45 bits per heavy atom. The number of hydrogen-bond acceptors (Lipinski definition) is 5. The predicted molar refractivity (Wildman–Crippen MR) is 171 cm³/mol. The average Bonchev–Trinajstić information content (AvgIpc) is 2.92. The van der Waals surface area contributed by atoms with E-state index >= 15 is 0 Å². The van der Waals surface area contributed by atoms with Gasteiger partial charge in [-0.05, 0) is 63.2 Å². The largest absolute Gasteiger partial charge is 0.384 e. The maximum absolute atomic E-state index is 12.7. The van der Waals surface area contributed by atoms with Gasteiger partial charge in [-0.3, -0.25) is 0 Å². The van der Waals surface area contributed by atoms with Crippen LogP contribution < -0.4 is 0 Å². The molecule has 0 aromatic heterocycles. The lowest BCUT2D eigenvalue weighted by Crippen LogP contribution is -2.50. The zero-order valence-corrected chi connectivity index (χ0v) is 26.4. The van der Waals surface area contributed by atoms with Crippen molar-refractivity contribution in [1.82, 2.24) is 14.7 Å². The van der Waals surface area contributed by atoms with Gasteiger partial charge in [0.15, 0.2) is 0 Å². The Kier molecular flexibility index (Phi) is 8.45. The fraction of sp³-hybridized carbons (Fsp3) is 0.500. The molecule has 6 heteroatoms. The van der Waals surface area contributed by atoms with E-state index in [9.17, 15) is 5.11 Å². The smallest absolute Gasteiger partial charge is 0.132 e. The number of benzene rings is 1. The molecule has 214 valence electrons. The lowest BCUT2D eigenvalue weighted by atomic mass is 9.62. The van der Waals surface area contributed by atoms with E-state index in [-0.39, 0.29) is 5.41 Å². The second-order valence-corrected chi connectivity index (χ2v) is 13.8. The van der Waals surface area contributed by atoms with Gasteiger partial charge in [0.2, 0.25) is 0 Å². The molecule has 1 aromatic carbocycles. The fourth-order valence-electron chi connectivity index (χ4n) is 6.54. The lowest BCUT2D eigenvalue weighted by molar-refractivity contribution is -0.0264. The summed E-state index contributed by atoms with van der Waals surface area (Å²) >= 11 is 4.00. The molecule has 1 N–H and O–H groups in total. The molecule has 3 unspecified atom stereocenters. The molecule has 1 aromatic rings. The maximum atomic E-state index is 12.7. The fourth-order valence-corrected chi connectivity index (χ4v) is 7.56. The summed E-state index contributed by atoms with van der Waals surface area (Å²) in [4.78, 5) is 12.5. The second kappa shape index (κ2) is 11.6. The zero-order valence-electron chi connectivity index (χ0n) is 24.8. The number of aliphatic imine (C=N–C) groups is 1. The van der Waals surface area contributed by atoms with Crippen LogP contribution in [0.25, 0.3) is 0 Å². The van der Waals surface area contributed by atoms with Gasteiger partial charge >= 0.3 is 0 Å². The summed E-state index contributed by atoms with van der Waals surface area (Å²) in [6.07, 6.45) is 16.3. The normalized spacial score (nSPS) is 28.7. The molecular weight excluding hydrogens is 560 g/mol. The molecule has 0 bridgehead atoms. The number of hydrogen-bond donors (Lipinski definition) is 1. The number of piperazine rings is 1. The number of nitrogens with zero attached hydrogens (tertiary/aromatic N) is 4. The Bertz CT molecular complexity index is 1280. The first kappa shape index (κ1) is 29.2. The summed E-state index contributed by atoms with van der Waals surface area (Å²) in [5.41, 5.74) is 2.95. The van der Waals surface area contributed by atoms with E-state index in [1.165, 1.54) is 11.1 Å². The average molecular weight is 606 g/mol. The van der Waals surface area contributed by atoms with Gasteiger partial charge in [-0.1, -0.05) is 90.5 Å². The van der Waals surface area contributed by atoms with Gasteiger partial charge in [0.05, 0.1) is 5.70 Å². The first-order valence-electron chi connectivity index (χ1n) is 14.6. The number of amidine groups is 1. The van der Waals surface area contributed by atoms with Crippen molar-refractivity contribution in [2.45, 2.75) is 45.1 Å². The van der Waals surface area contributed by atoms with Crippen LogP contribution in [0.2, 0.25) is 0 Å². The van der Waals surface area contributed by atoms with Crippen molar-refractivity contribution in [1.29, 1.82) is 0 Å². The molecule has 2 aliphatic heterocycles. The van der Waals surface area contributed by atoms with E-state index in [1.807, 2.05) is 0 Å². The first-order valence-corrected chi connectivity index (χ1v) is 15.4. The lowest BCUT2D eigenvalue weighted by Gasteiger charge is -2.48. The Labute approximate surface area is 249 Å². The van der Waals surface area contributed by atoms with Crippen LogP contribution in [0.1, 0.15) is 38.7 Å². The monoisotopic (exact) mass is 604 g/mol. The molecule has 40 heavy (non-hydrogen) atoms. The predicted octanol–water partition coefficient (Wildman–Crippen LogP) is 5.96. The van der Waals surface area contributed by atoms with E-state index < -0.39 is 11.0 Å². The number of likely N-dealkylation sites (N-methyl/N-ethyl adjacent to an activating group) is 1. The number of halogens is 1. The number of rotatable bonds is 7. The van der Waals surface area contributed by atoms with Gasteiger partial charge < -0.3 is 19.8 Å². The minimum atomic E-state index is -1.04. The third-order valence-corrected chi connectivity index (χ3v) is 10.00. The zero-order chi connectivity index (χ0) is 28.5. The van der Waals surface area contributed by atoms with Crippen molar-refractivity contribution < 1.29 is 5.11 Å². The second-order valence-electron chi connectivity index (χ2n) is 12.8. The summed E-state index contributed by atoms with van der Waals surface area (Å²) < 4.78 is 1.08. The minimum absolute atomic E-state index is 0.242. The Balaban J connectivity index is 1.58. The number of fused-ring (bicyclic) bond motifs is 1. The van der Waals surface area contributed by atoms with Crippen molar-refractivity contribution in [3.05, 3.63) is 93.7 Å². The van der Waals surface area contributed by atoms with E-state index in [4.69, 9.17) is 4.99 Å². The molecule has 0 radical (unpaired) electrons. The highest BCUT2D eigenvalue weighted by Gasteiger charge is 2.50. The van der Waals surface area contributed by atoms with Gasteiger partial charge in [-0.2, -0.15) is 0 Å². The van der Waals surface area contributed by atoms with Crippen LogP contribution >= 0.6 is 15.9 Å². The molecule has 0 amide bonds. The van der Waals surface area contributed by atoms with E-state index in [0.717, 1.165) is 73.6 Å². The van der Waals surface area contributed by atoms with Crippen molar-refractivity contribution >= 4 is 21.8 Å². The Morgan fingerprint density at radius 2 is 1.80 bits per heavy atom. The Morgan fingerprint density at radius 1 is 1.07 bits per heavy atom. The molecule has 2 aliphatic carbocycles. The highest BCUT2D eigenvalue weighted by molar-refractivity contribution is 9.11. The molecule has 1 saturated heterocycles. The molecule has 2 heterocycles. The molecule has 0 saturated carbocycles. The molecule has 5 rings (SSSR count). The van der Waals surface area contributed by atoms with Crippen LogP contribution in [0.4, 0.5) is 0 Å². The maximum Gasteiger partial charge on any atom is 0.132 e. The molecular formula is C34H45BrN4O. The number of allylic oxidation sites excluding steroid dienone is 5. The summed E-state index contributed by atoms with van der Waals surface area (Å²) in [6, 6.07) is 10.7. The van der Waals surface area contributed by atoms with Gasteiger partial charge in [-0.25, -0.2) is 4.99 Å². The standard InChI is InChI=1S/C34H45BrN4O/c1-32-24-27(22-26-12-8-6-9-13-26)31(39-20-18-38(5)19-21-39)36-30(32)23-28(29(35)25-32)34(40,16-17-37(3)4)33(2)14-10-7-11-15-33/h6-14,23-24,40H,15-22,25H2,1-5H3. The van der Waals surface area contributed by atoms with Crippen molar-refractivity contribution in [2.75, 3.05) is 53.9 Å². The molecule has 5 nitrogen and oxygen atoms in total. The number of dihydropyridines is 1. The van der Waals surface area contributed by atoms with Crippen LogP contribution in [0.15, 0.2) is 93.1 Å². The summed E-state index contributed by atoms with van der Waals surface area (Å²) in [7, 11) is 6.35. The minimum Gasteiger partial charge on any atom is -0.384 e. The molecule has 0 spiro atoms. The van der Waals surface area contributed by atoms with Gasteiger partial charge in [0.25, 0.3) is 0 Å². The van der Waals surface area contributed by atoms with Crippen LogP contribution in [-0.2, 0) is 6.42 Å². The quantitative estimate of drug-likeness (QED) is 0.417. The van der Waals surface area contributed by atoms with E-state index in [0.29, 0.717) is 6.42 Å². The van der Waals surface area contributed by atoms with Crippen LogP contribution in [0.5, 0.6) is 0 Å². The molecule has 3 atom stereocenters.